The van der Waals surface area contributed by atoms with Crippen molar-refractivity contribution in [2.75, 3.05) is 14.2 Å². The Kier molecular flexibility index (Phi) is 5.44. The van der Waals surface area contributed by atoms with Gasteiger partial charge in [0, 0.05) is 5.56 Å². The van der Waals surface area contributed by atoms with Gasteiger partial charge in [0.2, 0.25) is 0 Å². The maximum absolute atomic E-state index is 12.8. The average Bonchev–Trinajstić information content (AvgIpc) is 2.40. The average molecular weight is 269 g/mol. The molecular formula is C13H18FN2O3+. The first-order valence-corrected chi connectivity index (χ1v) is 5.89. The summed E-state index contributed by atoms with van der Waals surface area (Å²) in [7, 11) is 3.02. The number of rotatable bonds is 4. The van der Waals surface area contributed by atoms with Crippen molar-refractivity contribution >= 4 is 12.0 Å². The highest BCUT2D eigenvalue weighted by Gasteiger charge is 2.23. The molecule has 0 spiro atoms. The number of halogens is 1. The number of hydrogen-bond acceptors (Lipinski definition) is 3. The molecule has 5 nitrogen and oxygen atoms in total. The Hall–Kier alpha value is -1.95. The molecule has 2 atom stereocenters. The molecule has 0 saturated heterocycles. The van der Waals surface area contributed by atoms with Crippen LogP contribution in [0.1, 0.15) is 12.5 Å². The number of ether oxygens (including phenoxy) is 1. The van der Waals surface area contributed by atoms with Gasteiger partial charge < -0.3 is 9.64 Å². The third-order valence-corrected chi connectivity index (χ3v) is 2.94. The summed E-state index contributed by atoms with van der Waals surface area (Å²) < 4.78 is 17.1. The largest absolute Gasteiger partial charge is 0.453 e. The van der Waals surface area contributed by atoms with Crippen LogP contribution < -0.4 is 10.2 Å². The van der Waals surface area contributed by atoms with Gasteiger partial charge in [-0.2, -0.15) is 0 Å². The number of nitrogens with one attached hydrogen (secondary N) is 2. The highest BCUT2D eigenvalue weighted by atomic mass is 19.1. The number of imide groups is 1. The molecule has 2 amide bonds. The summed E-state index contributed by atoms with van der Waals surface area (Å²) in [4.78, 5) is 23.5. The van der Waals surface area contributed by atoms with E-state index < -0.39 is 18.0 Å². The molecule has 1 aromatic rings. The summed E-state index contributed by atoms with van der Waals surface area (Å²) in [5.41, 5.74) is 0.914. The second-order valence-electron chi connectivity index (χ2n) is 4.35. The fourth-order valence-corrected chi connectivity index (χ4v) is 1.56. The van der Waals surface area contributed by atoms with E-state index in [4.69, 9.17) is 0 Å². The number of amides is 2. The number of carbonyl (C=O) groups is 2. The third-order valence-electron chi connectivity index (χ3n) is 2.94. The van der Waals surface area contributed by atoms with Gasteiger partial charge in [-0.1, -0.05) is 12.1 Å². The molecule has 0 aromatic heterocycles. The fourth-order valence-electron chi connectivity index (χ4n) is 1.56. The van der Waals surface area contributed by atoms with Gasteiger partial charge in [0.1, 0.15) is 12.4 Å². The number of benzene rings is 1. The molecule has 0 fully saturated rings. The molecule has 1 rings (SSSR count). The molecule has 0 heterocycles. The summed E-state index contributed by atoms with van der Waals surface area (Å²) >= 11 is 0. The number of carbonyl (C=O) groups excluding carboxylic acids is 2. The van der Waals surface area contributed by atoms with Gasteiger partial charge in [-0.05, 0) is 19.1 Å². The number of likely N-dealkylation sites (N-methyl/N-ethyl adjacent to an activating group) is 1. The predicted molar refractivity (Wildman–Crippen MR) is 67.0 cm³/mol. The van der Waals surface area contributed by atoms with E-state index in [0.29, 0.717) is 6.54 Å². The molecule has 0 aliphatic carbocycles. The van der Waals surface area contributed by atoms with E-state index in [1.165, 1.54) is 19.2 Å². The standard InChI is InChI=1S/C13H17FN2O3/c1-9(12(17)15-13(18)19-3)16(2)8-10-4-6-11(14)7-5-10/h4-7,9H,8H2,1-3H3,(H,15,17,18)/p+1/t9-/m1/s1. The van der Waals surface area contributed by atoms with Gasteiger partial charge in [-0.3, -0.25) is 10.1 Å². The zero-order valence-electron chi connectivity index (χ0n) is 11.2. The van der Waals surface area contributed by atoms with Gasteiger partial charge in [0.05, 0.1) is 14.2 Å². The Bertz CT molecular complexity index is 448. The lowest BCUT2D eigenvalue weighted by atomic mass is 10.2. The van der Waals surface area contributed by atoms with E-state index >= 15 is 0 Å². The Morgan fingerprint density at radius 2 is 1.95 bits per heavy atom. The zero-order chi connectivity index (χ0) is 14.4. The Balaban J connectivity index is 2.56. The SMILES string of the molecule is COC(=O)NC(=O)[C@@H](C)[NH+](C)Cc1ccc(F)cc1. The molecule has 0 radical (unpaired) electrons. The normalized spacial score (nSPS) is 13.5. The van der Waals surface area contributed by atoms with Crippen LogP contribution in [0.25, 0.3) is 0 Å². The summed E-state index contributed by atoms with van der Waals surface area (Å²) in [5, 5.41) is 2.12. The van der Waals surface area contributed by atoms with Crippen LogP contribution in [0.4, 0.5) is 9.18 Å². The molecule has 6 heteroatoms. The maximum Gasteiger partial charge on any atom is 0.413 e. The number of methoxy groups -OCH3 is 1. The lowest BCUT2D eigenvalue weighted by molar-refractivity contribution is -0.908. The van der Waals surface area contributed by atoms with Crippen molar-refractivity contribution in [3.05, 3.63) is 35.6 Å². The van der Waals surface area contributed by atoms with Crippen molar-refractivity contribution in [2.45, 2.75) is 19.5 Å². The number of hydrogen-bond donors (Lipinski definition) is 2. The highest BCUT2D eigenvalue weighted by molar-refractivity contribution is 5.93. The minimum absolute atomic E-state index is 0.294. The first kappa shape index (κ1) is 15.1. The van der Waals surface area contributed by atoms with Gasteiger partial charge in [0.15, 0.2) is 6.04 Å². The van der Waals surface area contributed by atoms with E-state index in [2.05, 4.69) is 10.1 Å². The molecule has 19 heavy (non-hydrogen) atoms. The number of alkyl carbamates (subject to hydrolysis) is 1. The van der Waals surface area contributed by atoms with Crippen LogP contribution in [0.5, 0.6) is 0 Å². The van der Waals surface area contributed by atoms with E-state index in [9.17, 15) is 14.0 Å². The smallest absolute Gasteiger partial charge is 0.413 e. The summed E-state index contributed by atoms with van der Waals surface area (Å²) in [6.45, 7) is 2.26. The van der Waals surface area contributed by atoms with Crippen LogP contribution in [0, 0.1) is 5.82 Å². The van der Waals surface area contributed by atoms with Crippen LogP contribution in [0.3, 0.4) is 0 Å². The zero-order valence-corrected chi connectivity index (χ0v) is 11.2. The minimum atomic E-state index is -0.772. The van der Waals surface area contributed by atoms with Crippen molar-refractivity contribution in [3.8, 4) is 0 Å². The van der Waals surface area contributed by atoms with Crippen LogP contribution >= 0.6 is 0 Å². The first-order chi connectivity index (χ1) is 8.93. The summed E-state index contributed by atoms with van der Waals surface area (Å²) in [5.74, 6) is -0.704. The van der Waals surface area contributed by atoms with Crippen molar-refractivity contribution in [3.63, 3.8) is 0 Å². The Labute approximate surface area is 111 Å². The monoisotopic (exact) mass is 269 g/mol. The van der Waals surface area contributed by atoms with Crippen molar-refractivity contribution in [1.82, 2.24) is 5.32 Å². The van der Waals surface area contributed by atoms with E-state index in [-0.39, 0.29) is 5.82 Å². The molecule has 1 aromatic carbocycles. The Morgan fingerprint density at radius 3 is 2.47 bits per heavy atom. The molecule has 0 saturated carbocycles. The van der Waals surface area contributed by atoms with Crippen LogP contribution in [0.2, 0.25) is 0 Å². The minimum Gasteiger partial charge on any atom is -0.453 e. The lowest BCUT2D eigenvalue weighted by Crippen LogP contribution is -3.12. The van der Waals surface area contributed by atoms with Crippen molar-refractivity contribution in [2.24, 2.45) is 0 Å². The van der Waals surface area contributed by atoms with Gasteiger partial charge in [-0.15, -0.1) is 0 Å². The van der Waals surface area contributed by atoms with Gasteiger partial charge >= 0.3 is 6.09 Å². The quantitative estimate of drug-likeness (QED) is 0.815. The molecule has 2 N–H and O–H groups in total. The topological polar surface area (TPSA) is 59.8 Å². The van der Waals surface area contributed by atoms with E-state index in [1.54, 1.807) is 19.1 Å². The van der Waals surface area contributed by atoms with Crippen molar-refractivity contribution in [1.29, 1.82) is 0 Å². The van der Waals surface area contributed by atoms with Crippen molar-refractivity contribution < 1.29 is 23.6 Å². The Morgan fingerprint density at radius 1 is 1.37 bits per heavy atom. The molecule has 0 aliphatic rings. The van der Waals surface area contributed by atoms with Crippen LogP contribution in [0.15, 0.2) is 24.3 Å². The molecular weight excluding hydrogens is 251 g/mol. The predicted octanol–water partition coefficient (Wildman–Crippen LogP) is 0.112. The fraction of sp³-hybridized carbons (Fsp3) is 0.385. The molecule has 1 unspecified atom stereocenters. The molecule has 0 aliphatic heterocycles. The second-order valence-corrected chi connectivity index (χ2v) is 4.35. The highest BCUT2D eigenvalue weighted by Crippen LogP contribution is 2.00. The van der Waals surface area contributed by atoms with E-state index in [0.717, 1.165) is 10.5 Å². The lowest BCUT2D eigenvalue weighted by Gasteiger charge is -2.20. The molecule has 0 bridgehead atoms. The second kappa shape index (κ2) is 6.84. The third kappa shape index (κ3) is 4.67. The van der Waals surface area contributed by atoms with Gasteiger partial charge in [-0.25, -0.2) is 9.18 Å². The maximum atomic E-state index is 12.8. The summed E-state index contributed by atoms with van der Waals surface area (Å²) in [6, 6.07) is 5.67. The molecule has 104 valence electrons. The number of quaternary nitrogens is 1. The summed E-state index contributed by atoms with van der Waals surface area (Å²) in [6.07, 6.45) is -0.772. The van der Waals surface area contributed by atoms with Crippen LogP contribution in [-0.4, -0.2) is 32.2 Å². The van der Waals surface area contributed by atoms with E-state index in [1.807, 2.05) is 7.05 Å². The van der Waals surface area contributed by atoms with Crippen LogP contribution in [-0.2, 0) is 16.1 Å². The van der Waals surface area contributed by atoms with Gasteiger partial charge in [0.25, 0.3) is 5.91 Å². The first-order valence-electron chi connectivity index (χ1n) is 5.89.